The molecular weight excluding hydrogens is 691 g/mol. The number of pyridine rings is 1. The first-order chi connectivity index (χ1) is 21.8. The van der Waals surface area contributed by atoms with Crippen molar-refractivity contribution in [2.24, 2.45) is 11.3 Å². The fraction of sp³-hybridized carbons (Fsp3) is 0.500. The van der Waals surface area contributed by atoms with Gasteiger partial charge in [-0.2, -0.15) is 36.3 Å². The molecule has 2 heterocycles. The summed E-state index contributed by atoms with van der Waals surface area (Å²) in [4.78, 5) is 36.4. The van der Waals surface area contributed by atoms with Crippen molar-refractivity contribution in [3.63, 3.8) is 0 Å². The van der Waals surface area contributed by atoms with E-state index in [0.717, 1.165) is 13.8 Å². The van der Waals surface area contributed by atoms with Crippen LogP contribution in [0.2, 0.25) is 10.0 Å². The number of carbonyl (C=O) groups is 2. The quantitative estimate of drug-likeness (QED) is 0.160. The summed E-state index contributed by atoms with van der Waals surface area (Å²) in [5.41, 5.74) is -2.69. The van der Waals surface area contributed by atoms with Crippen molar-refractivity contribution in [1.29, 1.82) is 0 Å². The van der Waals surface area contributed by atoms with E-state index < -0.39 is 60.5 Å². The zero-order chi connectivity index (χ0) is 34.9. The summed E-state index contributed by atoms with van der Waals surface area (Å²) in [6.07, 6.45) is -12.3. The predicted octanol–water partition coefficient (Wildman–Crippen LogP) is 7.71. The normalized spacial score (nSPS) is 17.6. The summed E-state index contributed by atoms with van der Waals surface area (Å²) in [6.45, 7) is -0.0301. The molecule has 1 fully saturated rings. The molecule has 258 valence electrons. The highest BCUT2D eigenvalue weighted by atomic mass is 35.5. The number of alkyl halides is 8. The van der Waals surface area contributed by atoms with Crippen LogP contribution in [0.5, 0.6) is 5.88 Å². The second kappa shape index (κ2) is 13.9. The average molecular weight is 719 g/mol. The number of halogens is 10. The molecule has 1 aliphatic rings. The maximum atomic E-state index is 13.2. The molecule has 2 amide bonds. The number of carbonyl (C=O) groups excluding carboxylic acids is 2. The first kappa shape index (κ1) is 36.2. The lowest BCUT2D eigenvalue weighted by Gasteiger charge is -2.30. The molecule has 0 bridgehead atoms. The molecule has 3 aromatic rings. The molecule has 0 saturated heterocycles. The van der Waals surface area contributed by atoms with Crippen molar-refractivity contribution in [2.45, 2.75) is 70.9 Å². The van der Waals surface area contributed by atoms with E-state index >= 15 is 0 Å². The predicted molar refractivity (Wildman–Crippen MR) is 156 cm³/mol. The Labute approximate surface area is 272 Å². The number of fused-ring (bicyclic) bond motifs is 1. The van der Waals surface area contributed by atoms with Crippen LogP contribution in [0, 0.1) is 11.3 Å². The SMILES string of the molecule is CC(C)(C(=O)NCc1ccc(Cl)c(Nc2nc3nc(OCC(F)F)c(C(=O)N[C@H]4CC[C@H](C(F)(F)F)CC4)cc3[nH]2)c1Cl)C(F)(F)F. The van der Waals surface area contributed by atoms with Gasteiger partial charge in [0.15, 0.2) is 12.3 Å². The van der Waals surface area contributed by atoms with Gasteiger partial charge in [-0.05, 0) is 57.2 Å². The molecule has 0 aliphatic heterocycles. The molecule has 47 heavy (non-hydrogen) atoms. The first-order valence-corrected chi connectivity index (χ1v) is 14.8. The Morgan fingerprint density at radius 1 is 1.04 bits per heavy atom. The largest absolute Gasteiger partial charge is 0.471 e. The van der Waals surface area contributed by atoms with Crippen LogP contribution in [0.15, 0.2) is 18.2 Å². The number of imidazole rings is 1. The van der Waals surface area contributed by atoms with E-state index in [1.807, 2.05) is 0 Å². The second-order valence-corrected chi connectivity index (χ2v) is 12.2. The molecule has 9 nitrogen and oxygen atoms in total. The number of nitrogens with zero attached hydrogens (tertiary/aromatic N) is 2. The van der Waals surface area contributed by atoms with E-state index in [4.69, 9.17) is 27.9 Å². The molecular formula is C28H28Cl2F8N6O3. The van der Waals surface area contributed by atoms with Crippen molar-refractivity contribution in [3.05, 3.63) is 39.4 Å². The molecule has 1 aliphatic carbocycles. The topological polar surface area (TPSA) is 121 Å². The van der Waals surface area contributed by atoms with E-state index in [0.29, 0.717) is 0 Å². The summed E-state index contributed by atoms with van der Waals surface area (Å²) < 4.78 is 110. The molecule has 0 radical (unpaired) electrons. The van der Waals surface area contributed by atoms with E-state index in [2.05, 4.69) is 30.9 Å². The van der Waals surface area contributed by atoms with E-state index in [-0.39, 0.29) is 76.2 Å². The van der Waals surface area contributed by atoms with Crippen molar-refractivity contribution < 1.29 is 49.4 Å². The molecule has 4 N–H and O–H groups in total. The lowest BCUT2D eigenvalue weighted by Crippen LogP contribution is -2.46. The van der Waals surface area contributed by atoms with E-state index in [1.54, 1.807) is 0 Å². The summed E-state index contributed by atoms with van der Waals surface area (Å²) >= 11 is 12.7. The van der Waals surface area contributed by atoms with Gasteiger partial charge in [0.25, 0.3) is 12.3 Å². The summed E-state index contributed by atoms with van der Waals surface area (Å²) in [6, 6.07) is 3.38. The van der Waals surface area contributed by atoms with Crippen molar-refractivity contribution in [1.82, 2.24) is 25.6 Å². The van der Waals surface area contributed by atoms with Gasteiger partial charge in [-0.25, -0.2) is 8.78 Å². The third kappa shape index (κ3) is 8.47. The van der Waals surface area contributed by atoms with Crippen LogP contribution in [-0.4, -0.2) is 58.2 Å². The maximum Gasteiger partial charge on any atom is 0.402 e. The Morgan fingerprint density at radius 2 is 1.70 bits per heavy atom. The van der Waals surface area contributed by atoms with Crippen LogP contribution in [0.4, 0.5) is 46.8 Å². The number of aromatic amines is 1. The number of anilines is 2. The number of ether oxygens (including phenoxy) is 1. The average Bonchev–Trinajstić information content (AvgIpc) is 3.37. The highest BCUT2D eigenvalue weighted by Crippen LogP contribution is 2.40. The Bertz CT molecular complexity index is 1620. The first-order valence-electron chi connectivity index (χ1n) is 14.1. The van der Waals surface area contributed by atoms with Gasteiger partial charge in [0.1, 0.15) is 11.0 Å². The van der Waals surface area contributed by atoms with E-state index in [1.165, 1.54) is 18.2 Å². The number of hydrogen-bond donors (Lipinski definition) is 4. The van der Waals surface area contributed by atoms with Gasteiger partial charge < -0.3 is 25.7 Å². The molecule has 4 rings (SSSR count). The Kier molecular flexibility index (Phi) is 10.7. The highest BCUT2D eigenvalue weighted by Gasteiger charge is 2.52. The van der Waals surface area contributed by atoms with E-state index in [9.17, 15) is 44.7 Å². The summed E-state index contributed by atoms with van der Waals surface area (Å²) in [5.74, 6) is -4.12. The number of aromatic nitrogens is 3. The second-order valence-electron chi connectivity index (χ2n) is 11.4. The number of benzene rings is 1. The van der Waals surface area contributed by atoms with Gasteiger partial charge in [0.05, 0.1) is 27.2 Å². The van der Waals surface area contributed by atoms with Crippen LogP contribution in [-0.2, 0) is 11.3 Å². The van der Waals surface area contributed by atoms with Crippen molar-refractivity contribution in [2.75, 3.05) is 11.9 Å². The third-order valence-electron chi connectivity index (χ3n) is 7.68. The molecule has 19 heteroatoms. The minimum Gasteiger partial charge on any atom is -0.471 e. The maximum absolute atomic E-state index is 13.2. The molecule has 0 atom stereocenters. The molecule has 2 aromatic heterocycles. The number of amides is 2. The Balaban J connectivity index is 1.55. The lowest BCUT2D eigenvalue weighted by molar-refractivity contribution is -0.211. The van der Waals surface area contributed by atoms with Crippen molar-refractivity contribution in [3.8, 4) is 5.88 Å². The van der Waals surface area contributed by atoms with Gasteiger partial charge in [-0.15, -0.1) is 0 Å². The molecule has 1 saturated carbocycles. The molecule has 0 unspecified atom stereocenters. The van der Waals surface area contributed by atoms with Gasteiger partial charge in [-0.1, -0.05) is 29.3 Å². The van der Waals surface area contributed by atoms with Crippen LogP contribution in [0.1, 0.15) is 55.5 Å². The minimum atomic E-state index is -4.80. The fourth-order valence-corrected chi connectivity index (χ4v) is 5.25. The number of hydrogen-bond acceptors (Lipinski definition) is 6. The van der Waals surface area contributed by atoms with Gasteiger partial charge >= 0.3 is 12.4 Å². The van der Waals surface area contributed by atoms with Crippen LogP contribution in [0.25, 0.3) is 11.2 Å². The monoisotopic (exact) mass is 718 g/mol. The Morgan fingerprint density at radius 3 is 2.30 bits per heavy atom. The smallest absolute Gasteiger partial charge is 0.402 e. The van der Waals surface area contributed by atoms with Gasteiger partial charge in [0.2, 0.25) is 17.7 Å². The minimum absolute atomic E-state index is 0.0378. The zero-order valence-electron chi connectivity index (χ0n) is 24.6. The molecule has 1 aromatic carbocycles. The number of H-pyrrole nitrogens is 1. The van der Waals surface area contributed by atoms with Crippen molar-refractivity contribution >= 4 is 57.8 Å². The van der Waals surface area contributed by atoms with Crippen LogP contribution >= 0.6 is 23.2 Å². The molecule has 0 spiro atoms. The lowest BCUT2D eigenvalue weighted by atomic mass is 9.85. The Hall–Kier alpha value is -3.60. The standard InChI is InChI=1S/C28H28Cl2F8N6O3/c1-26(2,28(36,37)38)24(46)39-10-12-3-8-16(29)20(19(12)30)42-25-41-17-9-15(23(43-21(17)44-25)47-11-18(31)32)22(45)40-14-6-4-13(5-7-14)27(33,34)35/h3,8-9,13-14,18H,4-7,10-11H2,1-2H3,(H,39,46)(H,40,45)(H2,41,42,43,44)/t13-,14-. The van der Waals surface area contributed by atoms with Gasteiger partial charge in [0, 0.05) is 12.6 Å². The van der Waals surface area contributed by atoms with Crippen LogP contribution in [0.3, 0.4) is 0 Å². The van der Waals surface area contributed by atoms with Gasteiger partial charge in [-0.3, -0.25) is 9.59 Å². The number of nitrogens with one attached hydrogen (secondary N) is 4. The fourth-order valence-electron chi connectivity index (χ4n) is 4.72. The summed E-state index contributed by atoms with van der Waals surface area (Å²) in [5, 5.41) is 7.59. The van der Waals surface area contributed by atoms with Crippen LogP contribution < -0.4 is 20.7 Å². The highest BCUT2D eigenvalue weighted by molar-refractivity contribution is 6.39. The number of rotatable bonds is 10. The zero-order valence-corrected chi connectivity index (χ0v) is 26.1. The summed E-state index contributed by atoms with van der Waals surface area (Å²) in [7, 11) is 0. The third-order valence-corrected chi connectivity index (χ3v) is 8.43.